The molecule has 1 fully saturated rings. The predicted molar refractivity (Wildman–Crippen MR) is 69.4 cm³/mol. The molecule has 3 nitrogen and oxygen atoms in total. The van der Waals surface area contributed by atoms with Crippen molar-refractivity contribution in [1.82, 2.24) is 9.47 Å². The van der Waals surface area contributed by atoms with Crippen molar-refractivity contribution in [3.05, 3.63) is 41.4 Å². The molecule has 0 saturated heterocycles. The summed E-state index contributed by atoms with van der Waals surface area (Å²) < 4.78 is 1.99. The van der Waals surface area contributed by atoms with Gasteiger partial charge in [-0.2, -0.15) is 0 Å². The molecule has 0 spiro atoms. The third kappa shape index (κ3) is 2.67. The van der Waals surface area contributed by atoms with Gasteiger partial charge in [-0.15, -0.1) is 0 Å². The third-order valence-corrected chi connectivity index (χ3v) is 2.86. The molecule has 0 radical (unpaired) electrons. The Hall–Kier alpha value is -1.77. The molecule has 2 rings (SSSR count). The number of aromatic nitrogens is 1. The monoisotopic (exact) mass is 230 g/mol. The normalized spacial score (nSPS) is 20.5. The second-order valence-corrected chi connectivity index (χ2v) is 4.73. The highest BCUT2D eigenvalue weighted by molar-refractivity contribution is 6.13. The van der Waals surface area contributed by atoms with Crippen LogP contribution in [0.5, 0.6) is 0 Å². The largest absolute Gasteiger partial charge is 0.383 e. The van der Waals surface area contributed by atoms with E-state index in [1.165, 1.54) is 0 Å². The number of Topliss-reactive ketones (excluding diaryl/α,β-unsaturated/α-hetero) is 1. The van der Waals surface area contributed by atoms with Crippen LogP contribution < -0.4 is 0 Å². The van der Waals surface area contributed by atoms with Gasteiger partial charge in [0.2, 0.25) is 0 Å². The van der Waals surface area contributed by atoms with Gasteiger partial charge in [0.15, 0.2) is 5.78 Å². The van der Waals surface area contributed by atoms with Crippen molar-refractivity contribution >= 4 is 11.9 Å². The molecule has 0 atom stereocenters. The second kappa shape index (κ2) is 4.62. The van der Waals surface area contributed by atoms with Gasteiger partial charge in [0, 0.05) is 50.9 Å². The molecule has 17 heavy (non-hydrogen) atoms. The first-order valence-corrected chi connectivity index (χ1v) is 5.80. The molecular formula is C14H18N2O. The van der Waals surface area contributed by atoms with Crippen LogP contribution in [0.3, 0.4) is 0 Å². The summed E-state index contributed by atoms with van der Waals surface area (Å²) >= 11 is 0. The van der Waals surface area contributed by atoms with Crippen LogP contribution in [0, 0.1) is 0 Å². The highest BCUT2D eigenvalue weighted by Crippen LogP contribution is 2.27. The van der Waals surface area contributed by atoms with E-state index in [4.69, 9.17) is 0 Å². The lowest BCUT2D eigenvalue weighted by atomic mass is 10.1. The Balaban J connectivity index is 2.20. The fraction of sp³-hybridized carbons (Fsp3) is 0.357. The van der Waals surface area contributed by atoms with E-state index in [-0.39, 0.29) is 5.78 Å². The van der Waals surface area contributed by atoms with E-state index in [1.807, 2.05) is 61.3 Å². The summed E-state index contributed by atoms with van der Waals surface area (Å²) in [7, 11) is 5.87. The van der Waals surface area contributed by atoms with E-state index in [0.29, 0.717) is 0 Å². The standard InChI is InChI=1S/C14H18N2O/c1-15(2)10-13-5-4-12(14(13)17)8-11-6-7-16(3)9-11/h6-10H,4-5H2,1-3H3/b12-8+,13-10+. The molecule has 1 saturated carbocycles. The summed E-state index contributed by atoms with van der Waals surface area (Å²) in [5.74, 6) is 0.197. The van der Waals surface area contributed by atoms with Gasteiger partial charge >= 0.3 is 0 Å². The minimum Gasteiger partial charge on any atom is -0.383 e. The molecule has 0 aromatic carbocycles. The van der Waals surface area contributed by atoms with Gasteiger partial charge in [-0.05, 0) is 30.5 Å². The molecule has 1 heterocycles. The molecule has 3 heteroatoms. The van der Waals surface area contributed by atoms with Crippen molar-refractivity contribution in [2.45, 2.75) is 12.8 Å². The van der Waals surface area contributed by atoms with Crippen LogP contribution in [0.4, 0.5) is 0 Å². The zero-order valence-electron chi connectivity index (χ0n) is 10.6. The van der Waals surface area contributed by atoms with Crippen LogP contribution >= 0.6 is 0 Å². The zero-order valence-corrected chi connectivity index (χ0v) is 10.6. The van der Waals surface area contributed by atoms with Crippen molar-refractivity contribution in [2.24, 2.45) is 7.05 Å². The Kier molecular flexibility index (Phi) is 3.18. The zero-order chi connectivity index (χ0) is 12.4. The lowest BCUT2D eigenvalue weighted by Gasteiger charge is -2.05. The van der Waals surface area contributed by atoms with E-state index < -0.39 is 0 Å². The van der Waals surface area contributed by atoms with Crippen molar-refractivity contribution in [1.29, 1.82) is 0 Å². The number of ketones is 1. The number of allylic oxidation sites excluding steroid dienone is 2. The maximum Gasteiger partial charge on any atom is 0.186 e. The Morgan fingerprint density at radius 1 is 1.29 bits per heavy atom. The number of carbonyl (C=O) groups excluding carboxylic acids is 1. The van der Waals surface area contributed by atoms with Crippen molar-refractivity contribution < 1.29 is 4.79 Å². The number of hydrogen-bond acceptors (Lipinski definition) is 2. The predicted octanol–water partition coefficient (Wildman–Crippen LogP) is 2.22. The quantitative estimate of drug-likeness (QED) is 0.728. The van der Waals surface area contributed by atoms with Crippen LogP contribution in [-0.4, -0.2) is 29.3 Å². The van der Waals surface area contributed by atoms with E-state index >= 15 is 0 Å². The summed E-state index contributed by atoms with van der Waals surface area (Å²) in [5, 5.41) is 0. The first-order valence-electron chi connectivity index (χ1n) is 5.80. The van der Waals surface area contributed by atoms with Crippen LogP contribution in [0.2, 0.25) is 0 Å². The highest BCUT2D eigenvalue weighted by Gasteiger charge is 2.23. The van der Waals surface area contributed by atoms with Gasteiger partial charge < -0.3 is 9.47 Å². The Morgan fingerprint density at radius 3 is 2.59 bits per heavy atom. The lowest BCUT2D eigenvalue weighted by Crippen LogP contribution is -2.05. The van der Waals surface area contributed by atoms with Crippen molar-refractivity contribution in [3.63, 3.8) is 0 Å². The number of hydrogen-bond donors (Lipinski definition) is 0. The maximum atomic E-state index is 12.1. The summed E-state index contributed by atoms with van der Waals surface area (Å²) in [4.78, 5) is 14.0. The first kappa shape index (κ1) is 11.7. The van der Waals surface area contributed by atoms with Gasteiger partial charge in [-0.25, -0.2) is 0 Å². The molecule has 0 bridgehead atoms. The fourth-order valence-corrected chi connectivity index (χ4v) is 2.09. The molecule has 1 aromatic heterocycles. The van der Waals surface area contributed by atoms with Gasteiger partial charge in [-0.3, -0.25) is 4.79 Å². The first-order chi connectivity index (χ1) is 8.06. The third-order valence-electron chi connectivity index (χ3n) is 2.86. The van der Waals surface area contributed by atoms with Crippen LogP contribution in [0.15, 0.2) is 35.8 Å². The van der Waals surface area contributed by atoms with Gasteiger partial charge in [0.1, 0.15) is 0 Å². The lowest BCUT2D eigenvalue weighted by molar-refractivity contribution is -0.111. The Labute approximate surface area is 102 Å². The van der Waals surface area contributed by atoms with Crippen molar-refractivity contribution in [3.8, 4) is 0 Å². The van der Waals surface area contributed by atoms with Crippen LogP contribution in [-0.2, 0) is 11.8 Å². The Bertz CT molecular complexity index is 492. The number of aryl methyl sites for hydroxylation is 1. The molecule has 0 aliphatic heterocycles. The number of carbonyl (C=O) groups is 1. The van der Waals surface area contributed by atoms with E-state index in [1.54, 1.807) is 0 Å². The second-order valence-electron chi connectivity index (χ2n) is 4.73. The molecule has 1 aliphatic rings. The molecule has 0 unspecified atom stereocenters. The summed E-state index contributed by atoms with van der Waals surface area (Å²) in [5.41, 5.74) is 2.93. The number of rotatable bonds is 2. The van der Waals surface area contributed by atoms with E-state index in [9.17, 15) is 4.79 Å². The minimum absolute atomic E-state index is 0.197. The van der Waals surface area contributed by atoms with Gasteiger partial charge in [0.25, 0.3) is 0 Å². The number of nitrogens with zero attached hydrogens (tertiary/aromatic N) is 2. The van der Waals surface area contributed by atoms with E-state index in [0.717, 1.165) is 29.6 Å². The molecule has 0 amide bonds. The van der Waals surface area contributed by atoms with Crippen LogP contribution in [0.1, 0.15) is 18.4 Å². The highest BCUT2D eigenvalue weighted by atomic mass is 16.1. The molecule has 1 aromatic rings. The van der Waals surface area contributed by atoms with Crippen LogP contribution in [0.25, 0.3) is 6.08 Å². The molecule has 0 N–H and O–H groups in total. The molecular weight excluding hydrogens is 212 g/mol. The molecule has 1 aliphatic carbocycles. The SMILES string of the molecule is CN(C)/C=C1\CC/C(=C\c2ccn(C)c2)C1=O. The topological polar surface area (TPSA) is 25.2 Å². The maximum absolute atomic E-state index is 12.1. The summed E-state index contributed by atoms with van der Waals surface area (Å²) in [6.07, 6.45) is 9.65. The smallest absolute Gasteiger partial charge is 0.186 e. The summed E-state index contributed by atoms with van der Waals surface area (Å²) in [6.45, 7) is 0. The fourth-order valence-electron chi connectivity index (χ4n) is 2.09. The minimum atomic E-state index is 0.197. The van der Waals surface area contributed by atoms with Crippen molar-refractivity contribution in [2.75, 3.05) is 14.1 Å². The summed E-state index contributed by atoms with van der Waals surface area (Å²) in [6, 6.07) is 2.02. The average Bonchev–Trinajstić information content (AvgIpc) is 2.79. The average molecular weight is 230 g/mol. The van der Waals surface area contributed by atoms with Gasteiger partial charge in [0.05, 0.1) is 0 Å². The van der Waals surface area contributed by atoms with E-state index in [2.05, 4.69) is 0 Å². The molecule has 90 valence electrons. The van der Waals surface area contributed by atoms with Gasteiger partial charge in [-0.1, -0.05) is 0 Å². The Morgan fingerprint density at radius 2 is 2.00 bits per heavy atom.